The molecular weight excluding hydrogens is 314 g/mol. The molecule has 0 aliphatic heterocycles. The van der Waals surface area contributed by atoms with Crippen molar-refractivity contribution in [2.24, 2.45) is 0 Å². The third kappa shape index (κ3) is 3.23. The summed E-state index contributed by atoms with van der Waals surface area (Å²) in [6.45, 7) is 6.45. The molecule has 0 unspecified atom stereocenters. The van der Waals surface area contributed by atoms with E-state index >= 15 is 0 Å². The van der Waals surface area contributed by atoms with Crippen molar-refractivity contribution >= 4 is 10.9 Å². The minimum atomic E-state index is -0.0799. The van der Waals surface area contributed by atoms with E-state index in [2.05, 4.69) is 13.0 Å². The van der Waals surface area contributed by atoms with Crippen LogP contribution in [0.4, 0.5) is 0 Å². The lowest BCUT2D eigenvalue weighted by Crippen LogP contribution is -1.98. The molecule has 4 nitrogen and oxygen atoms in total. The van der Waals surface area contributed by atoms with Crippen LogP contribution in [0.5, 0.6) is 5.75 Å². The fourth-order valence-corrected chi connectivity index (χ4v) is 3.12. The second-order valence-electron chi connectivity index (χ2n) is 6.14. The lowest BCUT2D eigenvalue weighted by molar-refractivity contribution is 0.267. The van der Waals surface area contributed by atoms with E-state index in [0.717, 1.165) is 44.4 Å². The third-order valence-electron chi connectivity index (χ3n) is 4.55. The molecule has 0 aliphatic carbocycles. The SMILES string of the molecule is CCOc1ccc(-c2cc(C)c3ccc(CO)c(C)c3n2)cc1CO. The molecule has 0 radical (unpaired) electrons. The molecule has 25 heavy (non-hydrogen) atoms. The van der Waals surface area contributed by atoms with E-state index in [0.29, 0.717) is 12.4 Å². The molecule has 4 heteroatoms. The molecule has 0 spiro atoms. The number of ether oxygens (including phenoxy) is 1. The summed E-state index contributed by atoms with van der Waals surface area (Å²) in [4.78, 5) is 4.83. The van der Waals surface area contributed by atoms with Crippen molar-refractivity contribution in [2.75, 3.05) is 6.61 Å². The first-order valence-electron chi connectivity index (χ1n) is 8.46. The summed E-state index contributed by atoms with van der Waals surface area (Å²) >= 11 is 0. The molecule has 0 amide bonds. The van der Waals surface area contributed by atoms with Gasteiger partial charge in [0.15, 0.2) is 0 Å². The first-order chi connectivity index (χ1) is 12.1. The van der Waals surface area contributed by atoms with Crippen molar-refractivity contribution in [3.8, 4) is 17.0 Å². The number of hydrogen-bond acceptors (Lipinski definition) is 4. The summed E-state index contributed by atoms with van der Waals surface area (Å²) in [6.07, 6.45) is 0. The Morgan fingerprint density at radius 2 is 1.72 bits per heavy atom. The molecule has 0 atom stereocenters. The van der Waals surface area contributed by atoms with Gasteiger partial charge in [0.1, 0.15) is 5.75 Å². The normalized spacial score (nSPS) is 11.1. The van der Waals surface area contributed by atoms with Gasteiger partial charge in [0.05, 0.1) is 31.0 Å². The number of aliphatic hydroxyl groups is 2. The monoisotopic (exact) mass is 337 g/mol. The van der Waals surface area contributed by atoms with Crippen LogP contribution in [0.15, 0.2) is 36.4 Å². The van der Waals surface area contributed by atoms with Crippen molar-refractivity contribution < 1.29 is 14.9 Å². The number of aliphatic hydroxyl groups excluding tert-OH is 2. The zero-order chi connectivity index (χ0) is 18.0. The van der Waals surface area contributed by atoms with Crippen molar-refractivity contribution in [3.05, 3.63) is 58.7 Å². The van der Waals surface area contributed by atoms with E-state index in [1.807, 2.05) is 44.2 Å². The third-order valence-corrected chi connectivity index (χ3v) is 4.55. The molecular formula is C21H23NO3. The van der Waals surface area contributed by atoms with Gasteiger partial charge in [-0.15, -0.1) is 0 Å². The number of aryl methyl sites for hydroxylation is 2. The Kier molecular flexibility index (Phi) is 5.02. The predicted octanol–water partition coefficient (Wildman–Crippen LogP) is 3.90. The minimum Gasteiger partial charge on any atom is -0.494 e. The van der Waals surface area contributed by atoms with Gasteiger partial charge in [0.2, 0.25) is 0 Å². The van der Waals surface area contributed by atoms with Crippen molar-refractivity contribution in [3.63, 3.8) is 0 Å². The summed E-state index contributed by atoms with van der Waals surface area (Å²) in [5.74, 6) is 0.699. The first-order valence-corrected chi connectivity index (χ1v) is 8.46. The number of hydrogen-bond donors (Lipinski definition) is 2. The highest BCUT2D eigenvalue weighted by Gasteiger charge is 2.11. The Balaban J connectivity index is 2.17. The van der Waals surface area contributed by atoms with E-state index in [9.17, 15) is 10.2 Å². The Labute approximate surface area is 147 Å². The van der Waals surface area contributed by atoms with Gasteiger partial charge in [-0.25, -0.2) is 4.98 Å². The molecule has 0 saturated carbocycles. The Morgan fingerprint density at radius 1 is 0.960 bits per heavy atom. The van der Waals surface area contributed by atoms with Gasteiger partial charge < -0.3 is 14.9 Å². The summed E-state index contributed by atoms with van der Waals surface area (Å²) in [5.41, 5.74) is 6.46. The minimum absolute atomic E-state index is 0.00441. The Bertz CT molecular complexity index is 919. The number of fused-ring (bicyclic) bond motifs is 1. The second kappa shape index (κ2) is 7.21. The van der Waals surface area contributed by atoms with Gasteiger partial charge in [0, 0.05) is 16.5 Å². The fraction of sp³-hybridized carbons (Fsp3) is 0.286. The van der Waals surface area contributed by atoms with Gasteiger partial charge in [-0.05, 0) is 61.7 Å². The molecule has 2 N–H and O–H groups in total. The summed E-state index contributed by atoms with van der Waals surface area (Å²) in [5, 5.41) is 20.2. The fourth-order valence-electron chi connectivity index (χ4n) is 3.12. The second-order valence-corrected chi connectivity index (χ2v) is 6.14. The van der Waals surface area contributed by atoms with Gasteiger partial charge >= 0.3 is 0 Å². The zero-order valence-electron chi connectivity index (χ0n) is 14.8. The maximum absolute atomic E-state index is 9.63. The lowest BCUT2D eigenvalue weighted by atomic mass is 9.99. The van der Waals surface area contributed by atoms with Gasteiger partial charge in [0.25, 0.3) is 0 Å². The van der Waals surface area contributed by atoms with Crippen LogP contribution in [0.25, 0.3) is 22.2 Å². The van der Waals surface area contributed by atoms with Crippen LogP contribution >= 0.6 is 0 Å². The molecule has 1 heterocycles. The maximum Gasteiger partial charge on any atom is 0.124 e. The van der Waals surface area contributed by atoms with Crippen LogP contribution in [0.1, 0.15) is 29.2 Å². The van der Waals surface area contributed by atoms with Crippen LogP contribution in [0, 0.1) is 13.8 Å². The number of nitrogens with zero attached hydrogens (tertiary/aromatic N) is 1. The largest absolute Gasteiger partial charge is 0.494 e. The predicted molar refractivity (Wildman–Crippen MR) is 99.7 cm³/mol. The van der Waals surface area contributed by atoms with E-state index in [4.69, 9.17) is 9.72 Å². The molecule has 0 fully saturated rings. The molecule has 1 aromatic heterocycles. The average molecular weight is 337 g/mol. The molecule has 3 rings (SSSR count). The molecule has 0 bridgehead atoms. The first kappa shape index (κ1) is 17.4. The molecule has 0 saturated heterocycles. The smallest absolute Gasteiger partial charge is 0.124 e. The summed E-state index contributed by atoms with van der Waals surface area (Å²) < 4.78 is 5.55. The standard InChI is InChI=1S/C21H23NO3/c1-4-25-20-8-6-15(10-17(20)12-24)19-9-13(2)18-7-5-16(11-23)14(3)21(18)22-19/h5-10,23-24H,4,11-12H2,1-3H3. The number of rotatable bonds is 5. The van der Waals surface area contributed by atoms with E-state index in [-0.39, 0.29) is 13.2 Å². The molecule has 0 aliphatic rings. The molecule has 2 aromatic carbocycles. The molecule has 130 valence electrons. The summed E-state index contributed by atoms with van der Waals surface area (Å²) in [6, 6.07) is 11.8. The Hall–Kier alpha value is -2.43. The number of benzene rings is 2. The van der Waals surface area contributed by atoms with Gasteiger partial charge in [-0.1, -0.05) is 12.1 Å². The zero-order valence-corrected chi connectivity index (χ0v) is 14.8. The topological polar surface area (TPSA) is 62.6 Å². The van der Waals surface area contributed by atoms with Crippen LogP contribution in [0.3, 0.4) is 0 Å². The molecule has 3 aromatic rings. The van der Waals surface area contributed by atoms with Crippen molar-refractivity contribution in [2.45, 2.75) is 34.0 Å². The summed E-state index contributed by atoms with van der Waals surface area (Å²) in [7, 11) is 0. The van der Waals surface area contributed by atoms with Gasteiger partial charge in [-0.2, -0.15) is 0 Å². The maximum atomic E-state index is 9.63. The van der Waals surface area contributed by atoms with Crippen LogP contribution in [0.2, 0.25) is 0 Å². The van der Waals surface area contributed by atoms with E-state index in [1.54, 1.807) is 0 Å². The highest BCUT2D eigenvalue weighted by Crippen LogP contribution is 2.30. The highest BCUT2D eigenvalue weighted by atomic mass is 16.5. The average Bonchev–Trinajstić information content (AvgIpc) is 2.63. The van der Waals surface area contributed by atoms with E-state index in [1.165, 1.54) is 0 Å². The Morgan fingerprint density at radius 3 is 2.40 bits per heavy atom. The van der Waals surface area contributed by atoms with Crippen LogP contribution in [-0.2, 0) is 13.2 Å². The lowest BCUT2D eigenvalue weighted by Gasteiger charge is -2.13. The highest BCUT2D eigenvalue weighted by molar-refractivity contribution is 5.88. The quantitative estimate of drug-likeness (QED) is 0.741. The van der Waals surface area contributed by atoms with Crippen LogP contribution < -0.4 is 4.74 Å². The van der Waals surface area contributed by atoms with Crippen LogP contribution in [-0.4, -0.2) is 21.8 Å². The van der Waals surface area contributed by atoms with Gasteiger partial charge in [-0.3, -0.25) is 0 Å². The van der Waals surface area contributed by atoms with E-state index < -0.39 is 0 Å². The van der Waals surface area contributed by atoms with Crippen molar-refractivity contribution in [1.82, 2.24) is 4.98 Å². The number of aromatic nitrogens is 1. The van der Waals surface area contributed by atoms with Crippen molar-refractivity contribution in [1.29, 1.82) is 0 Å². The number of pyridine rings is 1.